The van der Waals surface area contributed by atoms with Crippen molar-refractivity contribution in [3.05, 3.63) is 48.5 Å². The highest BCUT2D eigenvalue weighted by Crippen LogP contribution is 2.11. The summed E-state index contributed by atoms with van der Waals surface area (Å²) < 4.78 is 0. The standard InChI is InChI=1S/C10H8.5C2H4O2/c1-2-6-10-8-4-3-7-9(10)5-1;5*1-2(3)4/h1-8H;5*1H3,(H,3,4). The van der Waals surface area contributed by atoms with E-state index in [2.05, 4.69) is 48.5 Å². The van der Waals surface area contributed by atoms with Gasteiger partial charge >= 0.3 is 0 Å². The van der Waals surface area contributed by atoms with Gasteiger partial charge in [-0.05, 0) is 10.8 Å². The molecule has 0 saturated carbocycles. The molecule has 10 heteroatoms. The van der Waals surface area contributed by atoms with Crippen LogP contribution in [0.5, 0.6) is 0 Å². The van der Waals surface area contributed by atoms with E-state index in [1.807, 2.05) is 0 Å². The van der Waals surface area contributed by atoms with E-state index < -0.39 is 29.8 Å². The Hall–Kier alpha value is -3.95. The van der Waals surface area contributed by atoms with Gasteiger partial charge in [0.15, 0.2) is 0 Å². The fourth-order valence-electron chi connectivity index (χ4n) is 1.13. The minimum atomic E-state index is -0.833. The fraction of sp³-hybridized carbons (Fsp3) is 0.250. The summed E-state index contributed by atoms with van der Waals surface area (Å²) in [6, 6.07) is 16.7. The van der Waals surface area contributed by atoms with Crippen molar-refractivity contribution in [3.8, 4) is 0 Å². The monoisotopic (exact) mass is 428 g/mol. The zero-order valence-corrected chi connectivity index (χ0v) is 17.4. The van der Waals surface area contributed by atoms with Crippen molar-refractivity contribution in [2.75, 3.05) is 0 Å². The Morgan fingerprint density at radius 2 is 0.533 bits per heavy atom. The van der Waals surface area contributed by atoms with Crippen LogP contribution in [0.2, 0.25) is 0 Å². The summed E-state index contributed by atoms with van der Waals surface area (Å²) in [7, 11) is 0. The first-order valence-electron chi connectivity index (χ1n) is 8.04. The number of rotatable bonds is 0. The maximum absolute atomic E-state index is 9.00. The minimum Gasteiger partial charge on any atom is -0.481 e. The van der Waals surface area contributed by atoms with Gasteiger partial charge in [0.2, 0.25) is 0 Å². The minimum absolute atomic E-state index is 0.833. The molecule has 0 aliphatic carbocycles. The van der Waals surface area contributed by atoms with E-state index in [9.17, 15) is 0 Å². The quantitative estimate of drug-likeness (QED) is 0.416. The van der Waals surface area contributed by atoms with Crippen LogP contribution < -0.4 is 0 Å². The lowest BCUT2D eigenvalue weighted by Crippen LogP contribution is -1.78. The maximum Gasteiger partial charge on any atom is 0.300 e. The predicted octanol–water partition coefficient (Wildman–Crippen LogP) is 3.29. The van der Waals surface area contributed by atoms with E-state index >= 15 is 0 Å². The van der Waals surface area contributed by atoms with Crippen molar-refractivity contribution < 1.29 is 49.5 Å². The van der Waals surface area contributed by atoms with Gasteiger partial charge in [-0.25, -0.2) is 0 Å². The van der Waals surface area contributed by atoms with Crippen LogP contribution in [0.1, 0.15) is 34.6 Å². The highest BCUT2D eigenvalue weighted by molar-refractivity contribution is 5.82. The lowest BCUT2D eigenvalue weighted by Gasteiger charge is -1.92. The predicted molar refractivity (Wildman–Crippen MR) is 110 cm³/mol. The van der Waals surface area contributed by atoms with E-state index in [1.165, 1.54) is 10.8 Å². The van der Waals surface area contributed by atoms with Gasteiger partial charge in [-0.2, -0.15) is 0 Å². The lowest BCUT2D eigenvalue weighted by molar-refractivity contribution is -0.135. The summed E-state index contributed by atoms with van der Waals surface area (Å²) >= 11 is 0. The third-order valence-corrected chi connectivity index (χ3v) is 1.66. The van der Waals surface area contributed by atoms with E-state index in [1.54, 1.807) is 0 Å². The zero-order valence-electron chi connectivity index (χ0n) is 17.4. The summed E-state index contributed by atoms with van der Waals surface area (Å²) in [5.74, 6) is -4.17. The first kappa shape index (κ1) is 33.6. The van der Waals surface area contributed by atoms with Crippen molar-refractivity contribution >= 4 is 40.6 Å². The second kappa shape index (κ2) is 23.1. The molecule has 2 aromatic rings. The Bertz CT molecular complexity index is 614. The van der Waals surface area contributed by atoms with Gasteiger partial charge in [-0.1, -0.05) is 48.5 Å². The van der Waals surface area contributed by atoms with Gasteiger partial charge in [-0.15, -0.1) is 0 Å². The summed E-state index contributed by atoms with van der Waals surface area (Å²) in [5.41, 5.74) is 0. The molecule has 0 atom stereocenters. The van der Waals surface area contributed by atoms with Crippen molar-refractivity contribution in [3.63, 3.8) is 0 Å². The van der Waals surface area contributed by atoms with Gasteiger partial charge in [0.25, 0.3) is 29.8 Å². The topological polar surface area (TPSA) is 186 Å². The summed E-state index contributed by atoms with van der Waals surface area (Å²) in [6.07, 6.45) is 0. The number of hydrogen-bond donors (Lipinski definition) is 5. The van der Waals surface area contributed by atoms with Crippen LogP contribution in [0.15, 0.2) is 48.5 Å². The Balaban J connectivity index is -0.000000146. The van der Waals surface area contributed by atoms with Crippen molar-refractivity contribution in [1.82, 2.24) is 0 Å². The molecule has 0 spiro atoms. The Kier molecular flexibility index (Phi) is 25.9. The second-order valence-corrected chi connectivity index (χ2v) is 4.94. The third kappa shape index (κ3) is 64.7. The smallest absolute Gasteiger partial charge is 0.300 e. The molecule has 2 aromatic carbocycles. The number of carboxylic acid groups (broad SMARTS) is 5. The van der Waals surface area contributed by atoms with E-state index in [-0.39, 0.29) is 0 Å². The third-order valence-electron chi connectivity index (χ3n) is 1.66. The largest absolute Gasteiger partial charge is 0.481 e. The highest BCUT2D eigenvalue weighted by Gasteiger charge is 1.85. The molecule has 0 aliphatic heterocycles. The molecule has 2 rings (SSSR count). The average Bonchev–Trinajstić information content (AvgIpc) is 2.52. The van der Waals surface area contributed by atoms with Gasteiger partial charge < -0.3 is 25.5 Å². The van der Waals surface area contributed by atoms with Crippen LogP contribution in [0.4, 0.5) is 0 Å². The zero-order chi connectivity index (χ0) is 24.7. The molecule has 30 heavy (non-hydrogen) atoms. The Morgan fingerprint density at radius 3 is 0.633 bits per heavy atom. The van der Waals surface area contributed by atoms with E-state index in [0.717, 1.165) is 34.6 Å². The molecule has 0 amide bonds. The van der Waals surface area contributed by atoms with Crippen LogP contribution in [0, 0.1) is 0 Å². The van der Waals surface area contributed by atoms with Crippen LogP contribution in [0.3, 0.4) is 0 Å². The summed E-state index contributed by atoms with van der Waals surface area (Å²) in [5, 5.41) is 39.7. The molecule has 0 aliphatic rings. The van der Waals surface area contributed by atoms with E-state index in [4.69, 9.17) is 49.5 Å². The van der Waals surface area contributed by atoms with Crippen molar-refractivity contribution in [1.29, 1.82) is 0 Å². The normalized spacial score (nSPS) is 7.50. The second-order valence-electron chi connectivity index (χ2n) is 4.94. The van der Waals surface area contributed by atoms with Gasteiger partial charge in [0, 0.05) is 34.6 Å². The first-order chi connectivity index (χ1) is 13.6. The van der Waals surface area contributed by atoms with E-state index in [0.29, 0.717) is 0 Å². The molecule has 0 radical (unpaired) electrons. The van der Waals surface area contributed by atoms with Crippen LogP contribution in [0.25, 0.3) is 10.8 Å². The molecule has 0 aromatic heterocycles. The molecular formula is C20H28O10. The van der Waals surface area contributed by atoms with Crippen LogP contribution >= 0.6 is 0 Å². The first-order valence-corrected chi connectivity index (χ1v) is 8.04. The SMILES string of the molecule is CC(=O)O.CC(=O)O.CC(=O)O.CC(=O)O.CC(=O)O.c1ccc2ccccc2c1. The number of fused-ring (bicyclic) bond motifs is 1. The van der Waals surface area contributed by atoms with Crippen molar-refractivity contribution in [2.24, 2.45) is 0 Å². The molecule has 5 N–H and O–H groups in total. The Morgan fingerprint density at radius 1 is 0.433 bits per heavy atom. The van der Waals surface area contributed by atoms with Gasteiger partial charge in [0.1, 0.15) is 0 Å². The number of aliphatic carboxylic acids is 5. The molecule has 168 valence electrons. The number of benzene rings is 2. The molecule has 0 fully saturated rings. The molecular weight excluding hydrogens is 400 g/mol. The number of carboxylic acids is 5. The molecule has 10 nitrogen and oxygen atoms in total. The van der Waals surface area contributed by atoms with Gasteiger partial charge in [0.05, 0.1) is 0 Å². The molecule has 0 saturated heterocycles. The number of carbonyl (C=O) groups is 5. The summed E-state index contributed by atoms with van der Waals surface area (Å²) in [4.78, 5) is 45.0. The van der Waals surface area contributed by atoms with Gasteiger partial charge in [-0.3, -0.25) is 24.0 Å². The average molecular weight is 428 g/mol. The maximum atomic E-state index is 9.00. The Labute approximate surface area is 174 Å². The highest BCUT2D eigenvalue weighted by atomic mass is 16.4. The van der Waals surface area contributed by atoms with Crippen LogP contribution in [-0.4, -0.2) is 55.4 Å². The molecule has 0 heterocycles. The van der Waals surface area contributed by atoms with Crippen molar-refractivity contribution in [2.45, 2.75) is 34.6 Å². The number of hydrogen-bond acceptors (Lipinski definition) is 5. The molecule has 0 unspecified atom stereocenters. The molecule has 0 bridgehead atoms. The lowest BCUT2D eigenvalue weighted by atomic mass is 10.1. The fourth-order valence-corrected chi connectivity index (χ4v) is 1.13. The summed E-state index contributed by atoms with van der Waals surface area (Å²) in [6.45, 7) is 5.42. The van der Waals surface area contributed by atoms with Crippen LogP contribution in [-0.2, 0) is 24.0 Å².